The van der Waals surface area contributed by atoms with Crippen molar-refractivity contribution in [3.05, 3.63) is 45.0 Å². The van der Waals surface area contributed by atoms with E-state index in [0.29, 0.717) is 10.6 Å². The molecule has 0 spiro atoms. The smallest absolute Gasteiger partial charge is 0.233 e. The summed E-state index contributed by atoms with van der Waals surface area (Å²) in [6.07, 6.45) is -1.09. The zero-order valence-electron chi connectivity index (χ0n) is 6.68. The van der Waals surface area contributed by atoms with Crippen molar-refractivity contribution in [1.82, 2.24) is 0 Å². The van der Waals surface area contributed by atoms with Crippen LogP contribution in [-0.2, 0) is 0 Å². The predicted molar refractivity (Wildman–Crippen MR) is 48.3 cm³/mol. The molecule has 70 valence electrons. The highest BCUT2D eigenvalue weighted by Crippen LogP contribution is 2.17. The maximum atomic E-state index is 10.1. The minimum Gasteiger partial charge on any atom is -0.382 e. The summed E-state index contributed by atoms with van der Waals surface area (Å²) in [6.45, 7) is -0.500. The van der Waals surface area contributed by atoms with Crippen LogP contribution >= 0.6 is 11.6 Å². The fraction of sp³-hybridized carbons (Fsp3) is 0.250. The first-order valence-corrected chi connectivity index (χ1v) is 4.02. The molecule has 0 amide bonds. The molecule has 0 aliphatic rings. The molecule has 1 aromatic rings. The first kappa shape index (κ1) is 9.95. The van der Waals surface area contributed by atoms with Crippen molar-refractivity contribution in [3.8, 4) is 0 Å². The van der Waals surface area contributed by atoms with Crippen LogP contribution in [0.3, 0.4) is 0 Å². The van der Waals surface area contributed by atoms with E-state index in [2.05, 4.69) is 0 Å². The molecule has 1 atom stereocenters. The Bertz CT molecular complexity index is 316. The molecule has 5 heteroatoms. The Hall–Kier alpha value is -1.13. The molecule has 0 saturated heterocycles. The molecule has 0 aliphatic heterocycles. The Balaban J connectivity index is 2.76. The maximum Gasteiger partial charge on any atom is 0.233 e. The molecule has 0 aliphatic carbocycles. The van der Waals surface area contributed by atoms with Gasteiger partial charge < -0.3 is 5.11 Å². The van der Waals surface area contributed by atoms with Crippen LogP contribution < -0.4 is 0 Å². The summed E-state index contributed by atoms with van der Waals surface area (Å²) in [5, 5.41) is 19.9. The number of benzene rings is 1. The van der Waals surface area contributed by atoms with Crippen molar-refractivity contribution in [2.24, 2.45) is 0 Å². The molecule has 4 nitrogen and oxygen atoms in total. The van der Waals surface area contributed by atoms with Gasteiger partial charge in [-0.05, 0) is 17.7 Å². The van der Waals surface area contributed by atoms with Gasteiger partial charge in [0, 0.05) is 9.95 Å². The summed E-state index contributed by atoms with van der Waals surface area (Å²) in [5.41, 5.74) is 0.462. The van der Waals surface area contributed by atoms with Gasteiger partial charge in [0.05, 0.1) is 0 Å². The van der Waals surface area contributed by atoms with Crippen molar-refractivity contribution >= 4 is 11.6 Å². The molecule has 1 aromatic carbocycles. The molecule has 0 heterocycles. The third-order valence-electron chi connectivity index (χ3n) is 1.56. The van der Waals surface area contributed by atoms with Crippen LogP contribution in [0, 0.1) is 10.1 Å². The molecule has 1 rings (SSSR count). The van der Waals surface area contributed by atoms with Crippen LogP contribution in [0.4, 0.5) is 0 Å². The number of hydrogen-bond donors (Lipinski definition) is 1. The average molecular weight is 202 g/mol. The molecule has 13 heavy (non-hydrogen) atoms. The highest BCUT2D eigenvalue weighted by molar-refractivity contribution is 6.30. The van der Waals surface area contributed by atoms with E-state index in [-0.39, 0.29) is 0 Å². The summed E-state index contributed by atoms with van der Waals surface area (Å²) >= 11 is 5.64. The van der Waals surface area contributed by atoms with Crippen LogP contribution in [-0.4, -0.2) is 16.6 Å². The van der Waals surface area contributed by atoms with E-state index >= 15 is 0 Å². The van der Waals surface area contributed by atoms with Crippen LogP contribution in [0.15, 0.2) is 24.3 Å². The van der Waals surface area contributed by atoms with Crippen LogP contribution in [0.25, 0.3) is 0 Å². The van der Waals surface area contributed by atoms with Crippen LogP contribution in [0.2, 0.25) is 5.02 Å². The minimum atomic E-state index is -1.09. The van der Waals surface area contributed by atoms with E-state index in [1.165, 1.54) is 6.07 Å². The van der Waals surface area contributed by atoms with E-state index in [9.17, 15) is 15.2 Å². The lowest BCUT2D eigenvalue weighted by molar-refractivity contribution is -0.491. The third-order valence-corrected chi connectivity index (χ3v) is 1.79. The van der Waals surface area contributed by atoms with Gasteiger partial charge in [0.15, 0.2) is 0 Å². The largest absolute Gasteiger partial charge is 0.382 e. The van der Waals surface area contributed by atoms with Gasteiger partial charge in [-0.3, -0.25) is 10.1 Å². The maximum absolute atomic E-state index is 10.1. The minimum absolute atomic E-state index is 0.458. The van der Waals surface area contributed by atoms with E-state index < -0.39 is 17.6 Å². The lowest BCUT2D eigenvalue weighted by Gasteiger charge is -2.05. The Morgan fingerprint density at radius 1 is 1.62 bits per heavy atom. The number of rotatable bonds is 3. The molecule has 0 radical (unpaired) electrons. The first-order chi connectivity index (χ1) is 6.09. The first-order valence-electron chi connectivity index (χ1n) is 3.65. The molecule has 0 aromatic heterocycles. The van der Waals surface area contributed by atoms with E-state index in [1.807, 2.05) is 0 Å². The lowest BCUT2D eigenvalue weighted by Crippen LogP contribution is -2.11. The summed E-state index contributed by atoms with van der Waals surface area (Å²) in [7, 11) is 0. The second-order valence-electron chi connectivity index (χ2n) is 2.59. The van der Waals surface area contributed by atoms with Gasteiger partial charge >= 0.3 is 0 Å². The van der Waals surface area contributed by atoms with Crippen molar-refractivity contribution in [3.63, 3.8) is 0 Å². The van der Waals surface area contributed by atoms with Crippen LogP contribution in [0.5, 0.6) is 0 Å². The van der Waals surface area contributed by atoms with E-state index in [0.717, 1.165) is 0 Å². The normalized spacial score (nSPS) is 12.5. The Morgan fingerprint density at radius 2 is 2.31 bits per heavy atom. The molecule has 0 bridgehead atoms. The summed E-state index contributed by atoms with van der Waals surface area (Å²) in [4.78, 5) is 9.52. The number of nitrogens with zero attached hydrogens (tertiary/aromatic N) is 1. The summed E-state index contributed by atoms with van der Waals surface area (Å²) in [5.74, 6) is 0. The quantitative estimate of drug-likeness (QED) is 0.598. The SMILES string of the molecule is O=[N+]([O-])C[C@H](O)c1cccc(Cl)c1. The summed E-state index contributed by atoms with van der Waals surface area (Å²) < 4.78 is 0. The highest BCUT2D eigenvalue weighted by atomic mass is 35.5. The second-order valence-corrected chi connectivity index (χ2v) is 3.02. The van der Waals surface area contributed by atoms with Crippen molar-refractivity contribution in [2.75, 3.05) is 6.54 Å². The number of hydrogen-bond acceptors (Lipinski definition) is 3. The average Bonchev–Trinajstić information content (AvgIpc) is 2.03. The molecule has 1 N–H and O–H groups in total. The van der Waals surface area contributed by atoms with Crippen molar-refractivity contribution in [1.29, 1.82) is 0 Å². The van der Waals surface area contributed by atoms with E-state index in [4.69, 9.17) is 11.6 Å². The zero-order valence-corrected chi connectivity index (χ0v) is 7.44. The number of halogens is 1. The second kappa shape index (κ2) is 4.20. The van der Waals surface area contributed by atoms with Gasteiger partial charge in [-0.25, -0.2) is 0 Å². The molecular weight excluding hydrogens is 194 g/mol. The fourth-order valence-electron chi connectivity index (χ4n) is 0.960. The topological polar surface area (TPSA) is 63.4 Å². The number of aliphatic hydroxyl groups excluding tert-OH is 1. The van der Waals surface area contributed by atoms with Gasteiger partial charge in [-0.15, -0.1) is 0 Å². The van der Waals surface area contributed by atoms with E-state index in [1.54, 1.807) is 18.2 Å². The van der Waals surface area contributed by atoms with Gasteiger partial charge in [0.2, 0.25) is 6.54 Å². The molecule has 0 unspecified atom stereocenters. The van der Waals surface area contributed by atoms with Gasteiger partial charge in [-0.2, -0.15) is 0 Å². The number of nitro groups is 1. The third kappa shape index (κ3) is 3.01. The Morgan fingerprint density at radius 3 is 2.85 bits per heavy atom. The lowest BCUT2D eigenvalue weighted by atomic mass is 10.1. The predicted octanol–water partition coefficient (Wildman–Crippen LogP) is 1.65. The van der Waals surface area contributed by atoms with Crippen molar-refractivity contribution in [2.45, 2.75) is 6.10 Å². The Kier molecular flexibility index (Phi) is 3.22. The monoisotopic (exact) mass is 201 g/mol. The molecule has 0 fully saturated rings. The van der Waals surface area contributed by atoms with Crippen LogP contribution in [0.1, 0.15) is 11.7 Å². The Labute approximate surface area is 79.9 Å². The summed E-state index contributed by atoms with van der Waals surface area (Å²) in [6, 6.07) is 6.39. The molecular formula is C8H8ClNO3. The highest BCUT2D eigenvalue weighted by Gasteiger charge is 2.13. The van der Waals surface area contributed by atoms with Crippen molar-refractivity contribution < 1.29 is 10.0 Å². The van der Waals surface area contributed by atoms with Gasteiger partial charge in [0.1, 0.15) is 6.10 Å². The molecule has 0 saturated carbocycles. The number of aliphatic hydroxyl groups is 1. The van der Waals surface area contributed by atoms with Gasteiger partial charge in [0.25, 0.3) is 0 Å². The standard InChI is InChI=1S/C8H8ClNO3/c9-7-3-1-2-6(4-7)8(11)5-10(12)13/h1-4,8,11H,5H2/t8-/m0/s1. The zero-order chi connectivity index (χ0) is 9.84. The fourth-order valence-corrected chi connectivity index (χ4v) is 1.16. The van der Waals surface area contributed by atoms with Gasteiger partial charge in [-0.1, -0.05) is 23.7 Å².